The van der Waals surface area contributed by atoms with E-state index in [2.05, 4.69) is 29.6 Å². The summed E-state index contributed by atoms with van der Waals surface area (Å²) < 4.78 is 26.8. The Kier molecular flexibility index (Phi) is 5.33. The minimum Gasteiger partial charge on any atom is -0.399 e. The number of benzene rings is 3. The van der Waals surface area contributed by atoms with Crippen molar-refractivity contribution in [2.45, 2.75) is 25.9 Å². The van der Waals surface area contributed by atoms with Gasteiger partial charge in [0, 0.05) is 11.7 Å². The maximum atomic E-state index is 13.6. The van der Waals surface area contributed by atoms with Crippen molar-refractivity contribution in [3.05, 3.63) is 101 Å². The van der Waals surface area contributed by atoms with Gasteiger partial charge < -0.3 is 5.73 Å². The highest BCUT2D eigenvalue weighted by Crippen LogP contribution is 2.28. The third kappa shape index (κ3) is 4.09. The highest BCUT2D eigenvalue weighted by molar-refractivity contribution is 5.44. The van der Waals surface area contributed by atoms with Crippen LogP contribution >= 0.6 is 0 Å². The first kappa shape index (κ1) is 18.1. The van der Waals surface area contributed by atoms with Crippen molar-refractivity contribution in [3.8, 4) is 0 Å². The van der Waals surface area contributed by atoms with Crippen LogP contribution in [0, 0.1) is 18.6 Å². The van der Waals surface area contributed by atoms with Crippen LogP contribution in [0.15, 0.2) is 66.7 Å². The molecule has 3 N–H and O–H groups in total. The molecule has 134 valence electrons. The molecular weight excluding hydrogens is 330 g/mol. The lowest BCUT2D eigenvalue weighted by Crippen LogP contribution is -2.26. The Morgan fingerprint density at radius 1 is 0.808 bits per heavy atom. The number of nitrogens with one attached hydrogen (secondary N) is 1. The monoisotopic (exact) mass is 352 g/mol. The summed E-state index contributed by atoms with van der Waals surface area (Å²) in [7, 11) is 0. The molecule has 3 rings (SSSR count). The van der Waals surface area contributed by atoms with Crippen LogP contribution in [-0.2, 0) is 0 Å². The Labute approximate surface area is 152 Å². The smallest absolute Gasteiger partial charge is 0.159 e. The van der Waals surface area contributed by atoms with E-state index in [1.54, 1.807) is 6.07 Å². The zero-order valence-corrected chi connectivity index (χ0v) is 14.8. The number of hydrogen-bond donors (Lipinski definition) is 2. The molecule has 0 fully saturated rings. The fourth-order valence-electron chi connectivity index (χ4n) is 3.01. The molecule has 3 aromatic carbocycles. The van der Waals surface area contributed by atoms with E-state index in [1.807, 2.05) is 38.1 Å². The molecule has 4 heteroatoms. The first-order chi connectivity index (χ1) is 12.4. The summed E-state index contributed by atoms with van der Waals surface area (Å²) in [6.07, 6.45) is 0. The largest absolute Gasteiger partial charge is 0.399 e. The number of nitrogens with two attached hydrogens (primary N) is 1. The highest BCUT2D eigenvalue weighted by atomic mass is 19.2. The maximum absolute atomic E-state index is 13.6. The fourth-order valence-corrected chi connectivity index (χ4v) is 3.01. The Morgan fingerprint density at radius 2 is 1.50 bits per heavy atom. The molecule has 26 heavy (non-hydrogen) atoms. The second kappa shape index (κ2) is 7.67. The van der Waals surface area contributed by atoms with Gasteiger partial charge in [0.2, 0.25) is 0 Å². The number of nitrogen functional groups attached to an aromatic ring is 1. The SMILES string of the molecule is Cc1ccc(C(N[C@H](C)c2ccc(F)c(F)c2)c2cccc(N)c2)cc1. The molecule has 0 saturated heterocycles. The van der Waals surface area contributed by atoms with Gasteiger partial charge in [-0.3, -0.25) is 5.32 Å². The van der Waals surface area contributed by atoms with Crippen molar-refractivity contribution in [2.24, 2.45) is 0 Å². The van der Waals surface area contributed by atoms with Gasteiger partial charge in [-0.05, 0) is 54.8 Å². The van der Waals surface area contributed by atoms with E-state index in [9.17, 15) is 8.78 Å². The lowest BCUT2D eigenvalue weighted by molar-refractivity contribution is 0.490. The van der Waals surface area contributed by atoms with Gasteiger partial charge in [-0.25, -0.2) is 8.78 Å². The molecule has 0 amide bonds. The lowest BCUT2D eigenvalue weighted by atomic mass is 9.95. The summed E-state index contributed by atoms with van der Waals surface area (Å²) in [4.78, 5) is 0. The normalized spacial score (nSPS) is 13.4. The van der Waals surface area contributed by atoms with Crippen LogP contribution in [0.3, 0.4) is 0 Å². The van der Waals surface area contributed by atoms with E-state index in [0.29, 0.717) is 11.3 Å². The Morgan fingerprint density at radius 3 is 2.15 bits per heavy atom. The molecular formula is C22H22F2N2. The fraction of sp³-hybridized carbons (Fsp3) is 0.182. The average Bonchev–Trinajstić information content (AvgIpc) is 2.62. The Hall–Kier alpha value is -2.72. The van der Waals surface area contributed by atoms with Gasteiger partial charge in [-0.1, -0.05) is 48.0 Å². The molecule has 0 aliphatic rings. The highest BCUT2D eigenvalue weighted by Gasteiger charge is 2.18. The van der Waals surface area contributed by atoms with E-state index in [-0.39, 0.29) is 12.1 Å². The number of anilines is 1. The minimum absolute atomic E-state index is 0.123. The first-order valence-corrected chi connectivity index (χ1v) is 8.57. The maximum Gasteiger partial charge on any atom is 0.159 e. The van der Waals surface area contributed by atoms with Gasteiger partial charge in [0.15, 0.2) is 11.6 Å². The topological polar surface area (TPSA) is 38.0 Å². The second-order valence-corrected chi connectivity index (χ2v) is 6.58. The summed E-state index contributed by atoms with van der Waals surface area (Å²) in [6, 6.07) is 19.6. The van der Waals surface area contributed by atoms with E-state index >= 15 is 0 Å². The van der Waals surface area contributed by atoms with Crippen LogP contribution in [0.2, 0.25) is 0 Å². The van der Waals surface area contributed by atoms with Crippen molar-refractivity contribution in [1.29, 1.82) is 0 Å². The van der Waals surface area contributed by atoms with Crippen molar-refractivity contribution in [2.75, 3.05) is 5.73 Å². The van der Waals surface area contributed by atoms with E-state index in [0.717, 1.165) is 17.2 Å². The molecule has 3 aromatic rings. The number of rotatable bonds is 5. The third-order valence-corrected chi connectivity index (χ3v) is 4.52. The predicted octanol–water partition coefficient (Wildman–Crippen LogP) is 5.30. The number of hydrogen-bond acceptors (Lipinski definition) is 2. The zero-order chi connectivity index (χ0) is 18.7. The second-order valence-electron chi connectivity index (χ2n) is 6.58. The van der Waals surface area contributed by atoms with Crippen LogP contribution in [0.4, 0.5) is 14.5 Å². The quantitative estimate of drug-likeness (QED) is 0.612. The summed E-state index contributed by atoms with van der Waals surface area (Å²) in [5, 5.41) is 3.51. The molecule has 1 unspecified atom stereocenters. The van der Waals surface area contributed by atoms with Crippen LogP contribution in [0.1, 0.15) is 41.3 Å². The summed E-state index contributed by atoms with van der Waals surface area (Å²) in [5.74, 6) is -1.68. The minimum atomic E-state index is -0.841. The Balaban J connectivity index is 1.94. The molecule has 0 saturated carbocycles. The van der Waals surface area contributed by atoms with E-state index in [4.69, 9.17) is 5.73 Å². The van der Waals surface area contributed by atoms with E-state index < -0.39 is 11.6 Å². The van der Waals surface area contributed by atoms with Crippen LogP contribution in [0.25, 0.3) is 0 Å². The molecule has 2 atom stereocenters. The van der Waals surface area contributed by atoms with Crippen molar-refractivity contribution in [1.82, 2.24) is 5.32 Å². The van der Waals surface area contributed by atoms with Crippen LogP contribution < -0.4 is 11.1 Å². The van der Waals surface area contributed by atoms with E-state index in [1.165, 1.54) is 11.6 Å². The van der Waals surface area contributed by atoms with Gasteiger partial charge in [-0.2, -0.15) is 0 Å². The molecule has 0 bridgehead atoms. The molecule has 0 aliphatic carbocycles. The molecule has 2 nitrogen and oxygen atoms in total. The predicted molar refractivity (Wildman–Crippen MR) is 102 cm³/mol. The van der Waals surface area contributed by atoms with Gasteiger partial charge in [0.25, 0.3) is 0 Å². The summed E-state index contributed by atoms with van der Waals surface area (Å²) >= 11 is 0. The molecule has 0 spiro atoms. The summed E-state index contributed by atoms with van der Waals surface area (Å²) in [6.45, 7) is 3.97. The van der Waals surface area contributed by atoms with Crippen molar-refractivity contribution < 1.29 is 8.78 Å². The summed E-state index contributed by atoms with van der Waals surface area (Å²) in [5.41, 5.74) is 10.6. The Bertz CT molecular complexity index is 891. The van der Waals surface area contributed by atoms with Crippen molar-refractivity contribution in [3.63, 3.8) is 0 Å². The molecule has 0 heterocycles. The molecule has 0 radical (unpaired) electrons. The van der Waals surface area contributed by atoms with Gasteiger partial charge >= 0.3 is 0 Å². The van der Waals surface area contributed by atoms with Crippen molar-refractivity contribution >= 4 is 5.69 Å². The average molecular weight is 352 g/mol. The van der Waals surface area contributed by atoms with Gasteiger partial charge in [0.05, 0.1) is 6.04 Å². The number of halogens is 2. The van der Waals surface area contributed by atoms with Crippen LogP contribution in [-0.4, -0.2) is 0 Å². The van der Waals surface area contributed by atoms with Gasteiger partial charge in [0.1, 0.15) is 0 Å². The molecule has 0 aromatic heterocycles. The third-order valence-electron chi connectivity index (χ3n) is 4.52. The lowest BCUT2D eigenvalue weighted by Gasteiger charge is -2.25. The number of aryl methyl sites for hydroxylation is 1. The zero-order valence-electron chi connectivity index (χ0n) is 14.8. The standard InChI is InChI=1S/C22H22F2N2/c1-14-6-8-16(9-7-14)22(18-4-3-5-19(25)12-18)26-15(2)17-10-11-20(23)21(24)13-17/h3-13,15,22,26H,25H2,1-2H3/t15-,22?/m1/s1. The van der Waals surface area contributed by atoms with Crippen LogP contribution in [0.5, 0.6) is 0 Å². The van der Waals surface area contributed by atoms with Gasteiger partial charge in [-0.15, -0.1) is 0 Å². The first-order valence-electron chi connectivity index (χ1n) is 8.57. The molecule has 0 aliphatic heterocycles.